The van der Waals surface area contributed by atoms with Crippen LogP contribution in [-0.4, -0.2) is 51.5 Å². The van der Waals surface area contributed by atoms with Gasteiger partial charge in [0, 0.05) is 23.7 Å². The first-order chi connectivity index (χ1) is 17.9. The highest BCUT2D eigenvalue weighted by molar-refractivity contribution is 5.97. The highest BCUT2D eigenvalue weighted by Crippen LogP contribution is 2.29. The Morgan fingerprint density at radius 1 is 1.08 bits per heavy atom. The van der Waals surface area contributed by atoms with Gasteiger partial charge in [0.2, 0.25) is 0 Å². The molecule has 3 N–H and O–H groups in total. The molecule has 0 aliphatic carbocycles. The Morgan fingerprint density at radius 2 is 1.81 bits per heavy atom. The Bertz CT molecular complexity index is 1420. The fraction of sp³-hybridized carbons (Fsp3) is 0.185. The van der Waals surface area contributed by atoms with Crippen molar-refractivity contribution in [1.29, 1.82) is 0 Å². The van der Waals surface area contributed by atoms with Crippen molar-refractivity contribution in [2.75, 3.05) is 18.5 Å². The topological polar surface area (TPSA) is 122 Å². The number of esters is 1. The molecule has 2 aromatic carbocycles. The largest absolute Gasteiger partial charge is 0.480 e. The number of anilines is 1. The Kier molecular flexibility index (Phi) is 7.77. The second kappa shape index (κ2) is 11.3. The normalized spacial score (nSPS) is 11.6. The number of fused-ring (bicyclic) bond motifs is 1. The third-order valence-electron chi connectivity index (χ3n) is 5.60. The van der Waals surface area contributed by atoms with Gasteiger partial charge in [0.25, 0.3) is 5.91 Å². The van der Waals surface area contributed by atoms with Gasteiger partial charge in [-0.25, -0.2) is 14.2 Å². The summed E-state index contributed by atoms with van der Waals surface area (Å²) in [5.74, 6) is -2.14. The maximum Gasteiger partial charge on any atom is 0.326 e. The lowest BCUT2D eigenvalue weighted by atomic mass is 10.1. The molecule has 2 heterocycles. The van der Waals surface area contributed by atoms with Crippen LogP contribution >= 0.6 is 0 Å². The van der Waals surface area contributed by atoms with Crippen LogP contribution in [0.3, 0.4) is 0 Å². The number of carbonyl (C=O) groups excluding carboxylic acids is 2. The molecule has 0 bridgehead atoms. The molecule has 1 unspecified atom stereocenters. The van der Waals surface area contributed by atoms with E-state index in [1.165, 1.54) is 24.3 Å². The summed E-state index contributed by atoms with van der Waals surface area (Å²) in [6.45, 7) is 1.81. The maximum atomic E-state index is 13.5. The van der Waals surface area contributed by atoms with E-state index in [-0.39, 0.29) is 25.1 Å². The Morgan fingerprint density at radius 3 is 2.49 bits per heavy atom. The molecule has 4 aromatic rings. The first-order valence-electron chi connectivity index (χ1n) is 11.6. The summed E-state index contributed by atoms with van der Waals surface area (Å²) in [4.78, 5) is 41.3. The van der Waals surface area contributed by atoms with Crippen LogP contribution in [0.4, 0.5) is 10.2 Å². The first kappa shape index (κ1) is 25.4. The van der Waals surface area contributed by atoms with Crippen LogP contribution < -0.4 is 10.6 Å². The van der Waals surface area contributed by atoms with E-state index in [4.69, 9.17) is 4.74 Å². The van der Waals surface area contributed by atoms with Gasteiger partial charge in [-0.2, -0.15) is 0 Å². The quantitative estimate of drug-likeness (QED) is 0.282. The van der Waals surface area contributed by atoms with E-state index in [0.29, 0.717) is 22.7 Å². The number of hydrogen-bond acceptors (Lipinski definition) is 6. The second-order valence-corrected chi connectivity index (χ2v) is 8.17. The number of carbonyl (C=O) groups is 3. The third-order valence-corrected chi connectivity index (χ3v) is 5.60. The lowest BCUT2D eigenvalue weighted by Crippen LogP contribution is -2.42. The SMILES string of the molecule is CCOC(=O)CNc1c(-c2ccc(F)cc2)nc2cc(C(=O)NC(Cc3ccccc3)C(=O)O)ccn12. The number of nitrogens with zero attached hydrogens (tertiary/aromatic N) is 2. The van der Waals surface area contributed by atoms with E-state index in [0.717, 1.165) is 5.56 Å². The number of nitrogens with one attached hydrogen (secondary N) is 2. The van der Waals surface area contributed by atoms with Gasteiger partial charge in [-0.3, -0.25) is 14.0 Å². The number of carboxylic acids is 1. The van der Waals surface area contributed by atoms with Crippen LogP contribution in [0, 0.1) is 5.82 Å². The van der Waals surface area contributed by atoms with Gasteiger partial charge in [0.15, 0.2) is 0 Å². The van der Waals surface area contributed by atoms with Crippen molar-refractivity contribution in [3.63, 3.8) is 0 Å². The highest BCUT2D eigenvalue weighted by atomic mass is 19.1. The number of aliphatic carboxylic acids is 1. The molecule has 4 rings (SSSR count). The molecule has 37 heavy (non-hydrogen) atoms. The molecule has 0 spiro atoms. The van der Waals surface area contributed by atoms with Crippen molar-refractivity contribution >= 4 is 29.3 Å². The molecular weight excluding hydrogens is 479 g/mol. The minimum Gasteiger partial charge on any atom is -0.480 e. The van der Waals surface area contributed by atoms with E-state index >= 15 is 0 Å². The molecule has 9 nitrogen and oxygen atoms in total. The number of aromatic nitrogens is 2. The van der Waals surface area contributed by atoms with Crippen molar-refractivity contribution in [1.82, 2.24) is 14.7 Å². The zero-order valence-corrected chi connectivity index (χ0v) is 20.0. The number of amides is 1. The number of benzene rings is 2. The van der Waals surface area contributed by atoms with E-state index in [1.54, 1.807) is 53.9 Å². The molecule has 0 saturated heterocycles. The van der Waals surface area contributed by atoms with Crippen molar-refractivity contribution in [2.24, 2.45) is 0 Å². The predicted octanol–water partition coefficient (Wildman–Crippen LogP) is 3.54. The molecular formula is C27H25FN4O5. The molecule has 1 atom stereocenters. The smallest absolute Gasteiger partial charge is 0.326 e. The third kappa shape index (κ3) is 6.10. The number of ether oxygens (including phenoxy) is 1. The lowest BCUT2D eigenvalue weighted by molar-refractivity contribution is -0.141. The summed E-state index contributed by atoms with van der Waals surface area (Å²) in [6.07, 6.45) is 1.72. The van der Waals surface area contributed by atoms with Crippen molar-refractivity contribution < 1.29 is 28.6 Å². The Labute approximate surface area is 211 Å². The average molecular weight is 505 g/mol. The van der Waals surface area contributed by atoms with Gasteiger partial charge in [-0.05, 0) is 48.9 Å². The second-order valence-electron chi connectivity index (χ2n) is 8.17. The number of rotatable bonds is 10. The molecule has 190 valence electrons. The van der Waals surface area contributed by atoms with Crippen LogP contribution in [0.5, 0.6) is 0 Å². The highest BCUT2D eigenvalue weighted by Gasteiger charge is 2.22. The van der Waals surface area contributed by atoms with E-state index in [9.17, 15) is 23.9 Å². The summed E-state index contributed by atoms with van der Waals surface area (Å²) in [6, 6.07) is 16.6. The fourth-order valence-corrected chi connectivity index (χ4v) is 3.82. The van der Waals surface area contributed by atoms with Crippen LogP contribution in [0.1, 0.15) is 22.8 Å². The summed E-state index contributed by atoms with van der Waals surface area (Å²) < 4.78 is 20.1. The van der Waals surface area contributed by atoms with Gasteiger partial charge in [0.05, 0.1) is 6.61 Å². The fourth-order valence-electron chi connectivity index (χ4n) is 3.82. The van der Waals surface area contributed by atoms with Gasteiger partial charge in [0.1, 0.15) is 35.6 Å². The number of carboxylic acid groups (broad SMARTS) is 1. The van der Waals surface area contributed by atoms with Gasteiger partial charge >= 0.3 is 11.9 Å². The van der Waals surface area contributed by atoms with Crippen LogP contribution in [0.15, 0.2) is 72.9 Å². The summed E-state index contributed by atoms with van der Waals surface area (Å²) in [5, 5.41) is 15.2. The van der Waals surface area contributed by atoms with Crippen molar-refractivity contribution in [3.8, 4) is 11.3 Å². The monoisotopic (exact) mass is 504 g/mol. The predicted molar refractivity (Wildman–Crippen MR) is 135 cm³/mol. The zero-order chi connectivity index (χ0) is 26.4. The van der Waals surface area contributed by atoms with Crippen molar-refractivity contribution in [3.05, 3.63) is 89.9 Å². The van der Waals surface area contributed by atoms with Gasteiger partial charge in [-0.1, -0.05) is 30.3 Å². The average Bonchev–Trinajstić information content (AvgIpc) is 3.26. The minimum atomic E-state index is -1.15. The maximum absolute atomic E-state index is 13.5. The summed E-state index contributed by atoms with van der Waals surface area (Å²) in [5.41, 5.74) is 2.39. The standard InChI is InChI=1S/C27H25FN4O5/c1-2-37-23(33)16-29-25-24(18-8-10-20(28)11-9-18)31-22-15-19(12-13-32(22)25)26(34)30-21(27(35)36)14-17-6-4-3-5-7-17/h3-13,15,21,29H,2,14,16H2,1H3,(H,30,34)(H,35,36). The number of halogens is 1. The molecule has 0 radical (unpaired) electrons. The lowest BCUT2D eigenvalue weighted by Gasteiger charge is -2.15. The molecule has 1 amide bonds. The summed E-state index contributed by atoms with van der Waals surface area (Å²) >= 11 is 0. The number of pyridine rings is 1. The van der Waals surface area contributed by atoms with Crippen molar-refractivity contribution in [2.45, 2.75) is 19.4 Å². The molecule has 10 heteroatoms. The summed E-state index contributed by atoms with van der Waals surface area (Å²) in [7, 11) is 0. The van der Waals surface area contributed by atoms with Crippen LogP contribution in [-0.2, 0) is 20.7 Å². The molecule has 0 fully saturated rings. The van der Waals surface area contributed by atoms with Gasteiger partial charge in [-0.15, -0.1) is 0 Å². The molecule has 0 saturated carbocycles. The number of imidazole rings is 1. The van der Waals surface area contributed by atoms with Crippen LogP contribution in [0.25, 0.3) is 16.9 Å². The van der Waals surface area contributed by atoms with E-state index in [2.05, 4.69) is 15.6 Å². The van der Waals surface area contributed by atoms with Gasteiger partial charge < -0.3 is 20.5 Å². The molecule has 0 aliphatic rings. The molecule has 2 aromatic heterocycles. The first-order valence-corrected chi connectivity index (χ1v) is 11.6. The molecule has 0 aliphatic heterocycles. The Hall–Kier alpha value is -4.73. The zero-order valence-electron chi connectivity index (χ0n) is 20.0. The van der Waals surface area contributed by atoms with E-state index < -0.39 is 29.7 Å². The minimum absolute atomic E-state index is 0.127. The number of hydrogen-bond donors (Lipinski definition) is 3. The van der Waals surface area contributed by atoms with Crippen LogP contribution in [0.2, 0.25) is 0 Å². The van der Waals surface area contributed by atoms with E-state index in [1.807, 2.05) is 6.07 Å². The Balaban J connectivity index is 1.63.